The first-order chi connectivity index (χ1) is 6.70. The van der Waals surface area contributed by atoms with E-state index in [1.54, 1.807) is 0 Å². The summed E-state index contributed by atoms with van der Waals surface area (Å²) >= 11 is 5.79. The van der Waals surface area contributed by atoms with E-state index < -0.39 is 0 Å². The number of benzene rings is 1. The molecule has 72 valence electrons. The molecule has 0 radical (unpaired) electrons. The van der Waals surface area contributed by atoms with Crippen LogP contribution in [0.1, 0.15) is 12.6 Å². The number of aryl methyl sites for hydroxylation is 1. The Kier molecular flexibility index (Phi) is 2.25. The molecule has 0 aliphatic carbocycles. The normalized spacial score (nSPS) is 10.7. The Labute approximate surface area is 86.9 Å². The Balaban J connectivity index is 2.81. The van der Waals surface area contributed by atoms with Crippen molar-refractivity contribution in [1.29, 1.82) is 0 Å². The van der Waals surface area contributed by atoms with Crippen LogP contribution in [0.5, 0.6) is 0 Å². The molecule has 0 amide bonds. The molecule has 0 saturated carbocycles. The Bertz CT molecular complexity index is 482. The SMILES string of the molecule is CCc1nc(Cl)nc2ccc(N)cc12. The second-order valence-electron chi connectivity index (χ2n) is 3.07. The monoisotopic (exact) mass is 207 g/mol. The van der Waals surface area contributed by atoms with E-state index in [1.807, 2.05) is 25.1 Å². The molecule has 0 fully saturated rings. The topological polar surface area (TPSA) is 51.8 Å². The molecule has 0 unspecified atom stereocenters. The molecule has 1 aromatic carbocycles. The second-order valence-corrected chi connectivity index (χ2v) is 3.41. The highest BCUT2D eigenvalue weighted by Gasteiger charge is 2.04. The Morgan fingerprint density at radius 3 is 2.86 bits per heavy atom. The third-order valence-electron chi connectivity index (χ3n) is 2.11. The lowest BCUT2D eigenvalue weighted by atomic mass is 10.1. The third-order valence-corrected chi connectivity index (χ3v) is 2.28. The highest BCUT2D eigenvalue weighted by molar-refractivity contribution is 6.28. The molecule has 2 aromatic rings. The van der Waals surface area contributed by atoms with Gasteiger partial charge in [-0.25, -0.2) is 9.97 Å². The lowest BCUT2D eigenvalue weighted by Crippen LogP contribution is -1.95. The van der Waals surface area contributed by atoms with Crippen molar-refractivity contribution >= 4 is 28.2 Å². The van der Waals surface area contributed by atoms with Gasteiger partial charge in [0.15, 0.2) is 0 Å². The van der Waals surface area contributed by atoms with E-state index >= 15 is 0 Å². The maximum atomic E-state index is 5.79. The van der Waals surface area contributed by atoms with Crippen LogP contribution in [0.3, 0.4) is 0 Å². The van der Waals surface area contributed by atoms with Crippen molar-refractivity contribution in [3.05, 3.63) is 29.2 Å². The smallest absolute Gasteiger partial charge is 0.223 e. The number of nitrogens with zero attached hydrogens (tertiary/aromatic N) is 2. The minimum Gasteiger partial charge on any atom is -0.399 e. The van der Waals surface area contributed by atoms with Crippen LogP contribution in [0.4, 0.5) is 5.69 Å². The first-order valence-electron chi connectivity index (χ1n) is 4.42. The van der Waals surface area contributed by atoms with Crippen LogP contribution >= 0.6 is 11.6 Å². The molecule has 1 aromatic heterocycles. The number of halogens is 1. The fraction of sp³-hybridized carbons (Fsp3) is 0.200. The summed E-state index contributed by atoms with van der Waals surface area (Å²) in [7, 11) is 0. The van der Waals surface area contributed by atoms with Crippen molar-refractivity contribution in [1.82, 2.24) is 9.97 Å². The van der Waals surface area contributed by atoms with Crippen molar-refractivity contribution in [3.63, 3.8) is 0 Å². The molecular formula is C10H10ClN3. The quantitative estimate of drug-likeness (QED) is 0.577. The molecule has 0 aliphatic heterocycles. The minimum atomic E-state index is 0.291. The number of hydrogen-bond donors (Lipinski definition) is 1. The average molecular weight is 208 g/mol. The fourth-order valence-corrected chi connectivity index (χ4v) is 1.64. The van der Waals surface area contributed by atoms with Crippen LogP contribution < -0.4 is 5.73 Å². The Hall–Kier alpha value is -1.35. The lowest BCUT2D eigenvalue weighted by molar-refractivity contribution is 1.03. The molecular weight excluding hydrogens is 198 g/mol. The van der Waals surface area contributed by atoms with Crippen LogP contribution in [0.25, 0.3) is 10.9 Å². The van der Waals surface area contributed by atoms with Gasteiger partial charge < -0.3 is 5.73 Å². The van der Waals surface area contributed by atoms with Crippen molar-refractivity contribution in [2.45, 2.75) is 13.3 Å². The first kappa shape index (κ1) is 9.21. The van der Waals surface area contributed by atoms with Gasteiger partial charge in [-0.15, -0.1) is 0 Å². The van der Waals surface area contributed by atoms with E-state index in [-0.39, 0.29) is 0 Å². The van der Waals surface area contributed by atoms with E-state index in [0.29, 0.717) is 5.28 Å². The fourth-order valence-electron chi connectivity index (χ4n) is 1.45. The van der Waals surface area contributed by atoms with Crippen LogP contribution in [0, 0.1) is 0 Å². The number of nitrogens with two attached hydrogens (primary N) is 1. The zero-order valence-corrected chi connectivity index (χ0v) is 8.54. The average Bonchev–Trinajstić information content (AvgIpc) is 2.17. The van der Waals surface area contributed by atoms with Gasteiger partial charge in [0.05, 0.1) is 11.2 Å². The zero-order chi connectivity index (χ0) is 10.1. The summed E-state index contributed by atoms with van der Waals surface area (Å²) in [4.78, 5) is 8.28. The first-order valence-corrected chi connectivity index (χ1v) is 4.80. The molecule has 0 aliphatic rings. The van der Waals surface area contributed by atoms with Crippen LogP contribution in [0.2, 0.25) is 5.28 Å². The third kappa shape index (κ3) is 1.51. The number of nitrogen functional groups attached to an aromatic ring is 1. The summed E-state index contributed by atoms with van der Waals surface area (Å²) in [5.74, 6) is 0. The van der Waals surface area contributed by atoms with E-state index in [2.05, 4.69) is 9.97 Å². The van der Waals surface area contributed by atoms with Gasteiger partial charge in [0.25, 0.3) is 0 Å². The molecule has 0 spiro atoms. The largest absolute Gasteiger partial charge is 0.399 e. The molecule has 3 nitrogen and oxygen atoms in total. The maximum absolute atomic E-state index is 5.79. The van der Waals surface area contributed by atoms with Gasteiger partial charge in [-0.1, -0.05) is 6.92 Å². The lowest BCUT2D eigenvalue weighted by Gasteiger charge is -2.04. The van der Waals surface area contributed by atoms with Crippen LogP contribution in [-0.4, -0.2) is 9.97 Å². The molecule has 0 atom stereocenters. The van der Waals surface area contributed by atoms with Gasteiger partial charge in [-0.2, -0.15) is 0 Å². The zero-order valence-electron chi connectivity index (χ0n) is 7.79. The van der Waals surface area contributed by atoms with E-state index in [0.717, 1.165) is 28.7 Å². The summed E-state index contributed by atoms with van der Waals surface area (Å²) in [6, 6.07) is 5.55. The van der Waals surface area contributed by atoms with Crippen molar-refractivity contribution in [3.8, 4) is 0 Å². The number of aromatic nitrogens is 2. The minimum absolute atomic E-state index is 0.291. The van der Waals surface area contributed by atoms with E-state index in [1.165, 1.54) is 0 Å². The highest BCUT2D eigenvalue weighted by Crippen LogP contribution is 2.20. The van der Waals surface area contributed by atoms with Crippen molar-refractivity contribution in [2.24, 2.45) is 0 Å². The van der Waals surface area contributed by atoms with Crippen molar-refractivity contribution < 1.29 is 0 Å². The Morgan fingerprint density at radius 1 is 1.36 bits per heavy atom. The predicted octanol–water partition coefficient (Wildman–Crippen LogP) is 2.43. The molecule has 2 N–H and O–H groups in total. The Morgan fingerprint density at radius 2 is 2.14 bits per heavy atom. The van der Waals surface area contributed by atoms with E-state index in [9.17, 15) is 0 Å². The predicted molar refractivity (Wildman–Crippen MR) is 58.3 cm³/mol. The summed E-state index contributed by atoms with van der Waals surface area (Å²) in [5.41, 5.74) is 8.20. The maximum Gasteiger partial charge on any atom is 0.223 e. The van der Waals surface area contributed by atoms with Crippen LogP contribution in [0.15, 0.2) is 18.2 Å². The molecule has 0 bridgehead atoms. The molecule has 14 heavy (non-hydrogen) atoms. The molecule has 0 saturated heterocycles. The highest BCUT2D eigenvalue weighted by atomic mass is 35.5. The van der Waals surface area contributed by atoms with Crippen LogP contribution in [-0.2, 0) is 6.42 Å². The van der Waals surface area contributed by atoms with Gasteiger partial charge >= 0.3 is 0 Å². The summed E-state index contributed by atoms with van der Waals surface area (Å²) in [6.45, 7) is 2.03. The van der Waals surface area contributed by atoms with Gasteiger partial charge in [0, 0.05) is 11.1 Å². The van der Waals surface area contributed by atoms with Gasteiger partial charge in [0.1, 0.15) is 0 Å². The number of hydrogen-bond acceptors (Lipinski definition) is 3. The van der Waals surface area contributed by atoms with Crippen molar-refractivity contribution in [2.75, 3.05) is 5.73 Å². The summed E-state index contributed by atoms with van der Waals surface area (Å²) in [6.07, 6.45) is 0.822. The van der Waals surface area contributed by atoms with Gasteiger partial charge in [-0.05, 0) is 36.2 Å². The summed E-state index contributed by atoms with van der Waals surface area (Å²) < 4.78 is 0. The molecule has 1 heterocycles. The number of anilines is 1. The number of fused-ring (bicyclic) bond motifs is 1. The number of rotatable bonds is 1. The second kappa shape index (κ2) is 3.42. The molecule has 4 heteroatoms. The molecule has 2 rings (SSSR count). The summed E-state index contributed by atoms with van der Waals surface area (Å²) in [5, 5.41) is 1.27. The van der Waals surface area contributed by atoms with Gasteiger partial charge in [0.2, 0.25) is 5.28 Å². The van der Waals surface area contributed by atoms with Gasteiger partial charge in [-0.3, -0.25) is 0 Å². The van der Waals surface area contributed by atoms with E-state index in [4.69, 9.17) is 17.3 Å². The standard InChI is InChI=1S/C10H10ClN3/c1-2-8-7-5-6(12)3-4-9(7)14-10(11)13-8/h3-5H,2,12H2,1H3.